The van der Waals surface area contributed by atoms with Crippen LogP contribution in [0.25, 0.3) is 0 Å². The van der Waals surface area contributed by atoms with Crippen molar-refractivity contribution < 1.29 is 19.0 Å². The molecule has 1 amide bonds. The number of nitrogens with one attached hydrogen (secondary N) is 1. The summed E-state index contributed by atoms with van der Waals surface area (Å²) >= 11 is 15.3. The average molecular weight is 463 g/mol. The predicted octanol–water partition coefficient (Wildman–Crippen LogP) is 5.19. The highest BCUT2D eigenvalue weighted by Crippen LogP contribution is 2.36. The van der Waals surface area contributed by atoms with E-state index in [1.54, 1.807) is 30.3 Å². The molecule has 8 heteroatoms. The van der Waals surface area contributed by atoms with Gasteiger partial charge in [0.25, 0.3) is 5.91 Å². The quantitative estimate of drug-likeness (QED) is 0.521. The van der Waals surface area contributed by atoms with Crippen LogP contribution in [0.1, 0.15) is 6.92 Å². The molecule has 0 unspecified atom stereocenters. The van der Waals surface area contributed by atoms with Crippen molar-refractivity contribution in [1.82, 2.24) is 0 Å². The van der Waals surface area contributed by atoms with Gasteiger partial charge in [-0.2, -0.15) is 0 Å². The number of rotatable bonds is 9. The molecule has 0 saturated heterocycles. The maximum Gasteiger partial charge on any atom is 0.262 e. The van der Waals surface area contributed by atoms with E-state index in [9.17, 15) is 4.79 Å². The van der Waals surface area contributed by atoms with Crippen LogP contribution in [0.3, 0.4) is 0 Å². The van der Waals surface area contributed by atoms with Crippen molar-refractivity contribution in [3.63, 3.8) is 0 Å². The van der Waals surface area contributed by atoms with E-state index in [-0.39, 0.29) is 12.5 Å². The van der Waals surface area contributed by atoms with E-state index in [4.69, 9.17) is 37.4 Å². The minimum absolute atomic E-state index is 0.199. The number of carbonyl (C=O) groups excluding carboxylic acids is 1. The van der Waals surface area contributed by atoms with Gasteiger partial charge in [-0.15, -0.1) is 0 Å². The lowest BCUT2D eigenvalue weighted by Crippen LogP contribution is -2.20. The Morgan fingerprint density at radius 2 is 1.96 bits per heavy atom. The Morgan fingerprint density at radius 1 is 1.15 bits per heavy atom. The van der Waals surface area contributed by atoms with Gasteiger partial charge < -0.3 is 19.5 Å². The molecule has 0 radical (unpaired) electrons. The van der Waals surface area contributed by atoms with Crippen molar-refractivity contribution in [2.45, 2.75) is 6.92 Å². The second kappa shape index (κ2) is 10.6. The number of benzene rings is 2. The van der Waals surface area contributed by atoms with Crippen molar-refractivity contribution in [3.8, 4) is 11.5 Å². The van der Waals surface area contributed by atoms with Gasteiger partial charge in [-0.25, -0.2) is 0 Å². The highest BCUT2D eigenvalue weighted by atomic mass is 79.9. The molecule has 0 bridgehead atoms. The van der Waals surface area contributed by atoms with Crippen molar-refractivity contribution in [2.24, 2.45) is 0 Å². The summed E-state index contributed by atoms with van der Waals surface area (Å²) in [6, 6.07) is 10.3. The second-order valence-corrected chi connectivity index (χ2v) is 6.81. The molecule has 2 aromatic carbocycles. The van der Waals surface area contributed by atoms with E-state index >= 15 is 0 Å². The third kappa shape index (κ3) is 6.68. The van der Waals surface area contributed by atoms with E-state index < -0.39 is 0 Å². The summed E-state index contributed by atoms with van der Waals surface area (Å²) in [7, 11) is 0. The van der Waals surface area contributed by atoms with Crippen LogP contribution in [0.4, 0.5) is 5.69 Å². The summed E-state index contributed by atoms with van der Waals surface area (Å²) in [6.07, 6.45) is 0. The van der Waals surface area contributed by atoms with Gasteiger partial charge >= 0.3 is 0 Å². The highest BCUT2D eigenvalue weighted by molar-refractivity contribution is 9.10. The number of carbonyl (C=O) groups is 1. The fraction of sp³-hybridized carbons (Fsp3) is 0.278. The standard InChI is InChI=1S/C18H18BrCl2NO4/c1-2-24-6-7-25-14-5-3-4-13(10-14)22-17(23)11-26-18-15(19)8-12(20)9-16(18)21/h3-5,8-10H,2,6-7,11H2,1H3,(H,22,23). The first-order chi connectivity index (χ1) is 12.5. The summed E-state index contributed by atoms with van der Waals surface area (Å²) in [5, 5.41) is 3.54. The van der Waals surface area contributed by atoms with Crippen LogP contribution >= 0.6 is 39.1 Å². The number of ether oxygens (including phenoxy) is 3. The molecule has 140 valence electrons. The topological polar surface area (TPSA) is 56.8 Å². The first kappa shape index (κ1) is 20.8. The second-order valence-electron chi connectivity index (χ2n) is 5.11. The Morgan fingerprint density at radius 3 is 2.69 bits per heavy atom. The molecule has 0 aromatic heterocycles. The van der Waals surface area contributed by atoms with Crippen LogP contribution in [0.15, 0.2) is 40.9 Å². The van der Waals surface area contributed by atoms with E-state index in [0.717, 1.165) is 0 Å². The lowest BCUT2D eigenvalue weighted by Gasteiger charge is -2.12. The van der Waals surface area contributed by atoms with E-state index in [1.807, 2.05) is 13.0 Å². The van der Waals surface area contributed by atoms with Crippen molar-refractivity contribution in [2.75, 3.05) is 31.7 Å². The van der Waals surface area contributed by atoms with Crippen LogP contribution in [0, 0.1) is 0 Å². The number of halogens is 3. The zero-order valence-electron chi connectivity index (χ0n) is 14.1. The molecule has 0 fully saturated rings. The molecule has 2 rings (SSSR count). The van der Waals surface area contributed by atoms with Crippen molar-refractivity contribution >= 4 is 50.7 Å². The third-order valence-electron chi connectivity index (χ3n) is 3.13. The highest BCUT2D eigenvalue weighted by Gasteiger charge is 2.11. The Labute approximate surface area is 170 Å². The molecular formula is C18H18BrCl2NO4. The maximum atomic E-state index is 12.1. The predicted molar refractivity (Wildman–Crippen MR) is 107 cm³/mol. The van der Waals surface area contributed by atoms with Gasteiger partial charge in [-0.05, 0) is 47.1 Å². The summed E-state index contributed by atoms with van der Waals surface area (Å²) in [5.41, 5.74) is 0.605. The smallest absolute Gasteiger partial charge is 0.262 e. The molecule has 0 saturated carbocycles. The summed E-state index contributed by atoms with van der Waals surface area (Å²) < 4.78 is 16.8. The van der Waals surface area contributed by atoms with Gasteiger partial charge in [-0.3, -0.25) is 4.79 Å². The molecule has 5 nitrogen and oxygen atoms in total. The SMILES string of the molecule is CCOCCOc1cccc(NC(=O)COc2c(Cl)cc(Cl)cc2Br)c1. The number of hydrogen-bond donors (Lipinski definition) is 1. The van der Waals surface area contributed by atoms with Crippen LogP contribution in [0.5, 0.6) is 11.5 Å². The molecule has 0 atom stereocenters. The van der Waals surface area contributed by atoms with Crippen molar-refractivity contribution in [3.05, 3.63) is 50.9 Å². The third-order valence-corrected chi connectivity index (χ3v) is 4.22. The summed E-state index contributed by atoms with van der Waals surface area (Å²) in [5.74, 6) is 0.681. The normalized spacial score (nSPS) is 10.5. The molecule has 0 spiro atoms. The minimum atomic E-state index is -0.325. The number of amides is 1. The molecule has 0 aliphatic carbocycles. The zero-order valence-corrected chi connectivity index (χ0v) is 17.2. The minimum Gasteiger partial charge on any atom is -0.491 e. The van der Waals surface area contributed by atoms with Gasteiger partial charge in [-0.1, -0.05) is 29.3 Å². The Kier molecular flexibility index (Phi) is 8.51. The fourth-order valence-electron chi connectivity index (χ4n) is 2.03. The van der Waals surface area contributed by atoms with Gasteiger partial charge in [0.1, 0.15) is 12.4 Å². The molecular weight excluding hydrogens is 445 g/mol. The van der Waals surface area contributed by atoms with Gasteiger partial charge in [0.2, 0.25) is 0 Å². The van der Waals surface area contributed by atoms with Crippen LogP contribution in [0.2, 0.25) is 10.0 Å². The Bertz CT molecular complexity index is 735. The molecule has 2 aromatic rings. The maximum absolute atomic E-state index is 12.1. The van der Waals surface area contributed by atoms with E-state index in [0.29, 0.717) is 51.5 Å². The lowest BCUT2D eigenvalue weighted by molar-refractivity contribution is -0.118. The van der Waals surface area contributed by atoms with E-state index in [1.165, 1.54) is 0 Å². The average Bonchev–Trinajstić information content (AvgIpc) is 2.58. The largest absolute Gasteiger partial charge is 0.491 e. The first-order valence-electron chi connectivity index (χ1n) is 7.87. The van der Waals surface area contributed by atoms with Crippen LogP contribution in [-0.2, 0) is 9.53 Å². The molecule has 0 aliphatic rings. The monoisotopic (exact) mass is 461 g/mol. The summed E-state index contributed by atoms with van der Waals surface area (Å²) in [4.78, 5) is 12.1. The van der Waals surface area contributed by atoms with Crippen molar-refractivity contribution in [1.29, 1.82) is 0 Å². The number of hydrogen-bond acceptors (Lipinski definition) is 4. The van der Waals surface area contributed by atoms with Gasteiger partial charge in [0.15, 0.2) is 12.4 Å². The lowest BCUT2D eigenvalue weighted by atomic mass is 10.3. The van der Waals surface area contributed by atoms with E-state index in [2.05, 4.69) is 21.2 Å². The van der Waals surface area contributed by atoms with Gasteiger partial charge in [0.05, 0.1) is 16.1 Å². The Hall–Kier alpha value is -1.47. The van der Waals surface area contributed by atoms with Crippen LogP contribution in [-0.4, -0.2) is 32.3 Å². The molecule has 0 aliphatic heterocycles. The number of anilines is 1. The molecule has 1 N–H and O–H groups in total. The first-order valence-corrected chi connectivity index (χ1v) is 9.42. The zero-order chi connectivity index (χ0) is 18.9. The fourth-order valence-corrected chi connectivity index (χ4v) is 3.40. The summed E-state index contributed by atoms with van der Waals surface area (Å²) in [6.45, 7) is 3.33. The Balaban J connectivity index is 1.88. The molecule has 0 heterocycles. The van der Waals surface area contributed by atoms with Gasteiger partial charge in [0, 0.05) is 23.4 Å². The molecule has 26 heavy (non-hydrogen) atoms. The van der Waals surface area contributed by atoms with Crippen LogP contribution < -0.4 is 14.8 Å².